The van der Waals surface area contributed by atoms with Gasteiger partial charge in [0.15, 0.2) is 0 Å². The summed E-state index contributed by atoms with van der Waals surface area (Å²) in [5.41, 5.74) is 0.421. The van der Waals surface area contributed by atoms with Crippen LogP contribution in [0.5, 0.6) is 0 Å². The minimum Gasteiger partial charge on any atom is -0.481 e. The van der Waals surface area contributed by atoms with Gasteiger partial charge in [-0.05, 0) is 36.0 Å². The first kappa shape index (κ1) is 13.4. The molecule has 3 rings (SSSR count). The summed E-state index contributed by atoms with van der Waals surface area (Å²) in [6, 6.07) is 0.445. The van der Waals surface area contributed by atoms with Gasteiger partial charge in [0, 0.05) is 19.1 Å². The molecule has 1 saturated heterocycles. The zero-order chi connectivity index (χ0) is 13.9. The molecular formula is C15H26N2O2. The number of nitrogens with one attached hydrogen (secondary N) is 2. The van der Waals surface area contributed by atoms with E-state index < -0.39 is 5.97 Å². The zero-order valence-corrected chi connectivity index (χ0v) is 12.3. The number of aliphatic carboxylic acids is 1. The molecule has 19 heavy (non-hydrogen) atoms. The molecule has 3 aliphatic rings. The highest BCUT2D eigenvalue weighted by atomic mass is 16.4. The van der Waals surface area contributed by atoms with Crippen LogP contribution < -0.4 is 10.6 Å². The van der Waals surface area contributed by atoms with Crippen LogP contribution in [0.15, 0.2) is 0 Å². The molecule has 0 spiro atoms. The number of fused-ring (bicyclic) bond motifs is 2. The average Bonchev–Trinajstić information content (AvgIpc) is 2.71. The largest absolute Gasteiger partial charge is 0.481 e. The molecular weight excluding hydrogens is 240 g/mol. The van der Waals surface area contributed by atoms with E-state index in [2.05, 4.69) is 31.4 Å². The van der Waals surface area contributed by atoms with Crippen molar-refractivity contribution in [2.75, 3.05) is 13.1 Å². The van der Waals surface area contributed by atoms with Crippen LogP contribution in [0.1, 0.15) is 46.5 Å². The van der Waals surface area contributed by atoms with Crippen LogP contribution in [-0.2, 0) is 4.79 Å². The molecule has 2 saturated carbocycles. The third-order valence-electron chi connectivity index (χ3n) is 6.14. The van der Waals surface area contributed by atoms with Crippen molar-refractivity contribution >= 4 is 5.97 Å². The van der Waals surface area contributed by atoms with Gasteiger partial charge in [-0.25, -0.2) is 0 Å². The molecule has 0 aromatic carbocycles. The van der Waals surface area contributed by atoms with Gasteiger partial charge in [-0.3, -0.25) is 4.79 Å². The molecule has 4 heteroatoms. The average molecular weight is 266 g/mol. The Hall–Kier alpha value is -0.610. The van der Waals surface area contributed by atoms with Crippen molar-refractivity contribution in [3.8, 4) is 0 Å². The van der Waals surface area contributed by atoms with E-state index in [-0.39, 0.29) is 17.4 Å². The second-order valence-electron chi connectivity index (χ2n) is 7.95. The van der Waals surface area contributed by atoms with Gasteiger partial charge in [0.1, 0.15) is 0 Å². The van der Waals surface area contributed by atoms with Gasteiger partial charge < -0.3 is 15.7 Å². The summed E-state index contributed by atoms with van der Waals surface area (Å²) in [6.07, 6.45) is 4.16. The summed E-state index contributed by atoms with van der Waals surface area (Å²) in [7, 11) is 0. The number of carboxylic acids is 1. The highest BCUT2D eigenvalue weighted by Crippen LogP contribution is 2.62. The van der Waals surface area contributed by atoms with Crippen molar-refractivity contribution in [2.45, 2.75) is 58.0 Å². The monoisotopic (exact) mass is 266 g/mol. The smallest absolute Gasteiger partial charge is 0.305 e. The first-order valence-electron chi connectivity index (χ1n) is 7.48. The molecule has 3 fully saturated rings. The molecule has 0 radical (unpaired) electrons. The molecule has 1 aliphatic heterocycles. The fraction of sp³-hybridized carbons (Fsp3) is 0.933. The standard InChI is InChI=1S/C15H26N2O2/c1-13(2)10-4-5-14(3,6-10)12(13)17-15(7-11(18)19)8-16-9-15/h10,12,16-17H,4-9H2,1-3H3,(H,18,19). The number of carboxylic acid groups (broad SMARTS) is 1. The number of hydrogen-bond acceptors (Lipinski definition) is 3. The Morgan fingerprint density at radius 1 is 1.37 bits per heavy atom. The molecule has 4 nitrogen and oxygen atoms in total. The summed E-state index contributed by atoms with van der Waals surface area (Å²) in [5.74, 6) is 0.102. The number of carbonyl (C=O) groups is 1. The molecule has 0 aromatic rings. The predicted molar refractivity (Wildman–Crippen MR) is 74.0 cm³/mol. The van der Waals surface area contributed by atoms with Crippen molar-refractivity contribution in [3.63, 3.8) is 0 Å². The first-order chi connectivity index (χ1) is 8.78. The number of hydrogen-bond donors (Lipinski definition) is 3. The Morgan fingerprint density at radius 2 is 2.05 bits per heavy atom. The van der Waals surface area contributed by atoms with Gasteiger partial charge in [0.25, 0.3) is 0 Å². The normalized spacial score (nSPS) is 42.1. The highest BCUT2D eigenvalue weighted by molar-refractivity contribution is 5.69. The fourth-order valence-electron chi connectivity index (χ4n) is 4.96. The van der Waals surface area contributed by atoms with E-state index in [1.807, 2.05) is 0 Å². The third-order valence-corrected chi connectivity index (χ3v) is 6.14. The van der Waals surface area contributed by atoms with Crippen LogP contribution in [0.3, 0.4) is 0 Å². The van der Waals surface area contributed by atoms with E-state index in [1.165, 1.54) is 19.3 Å². The highest BCUT2D eigenvalue weighted by Gasteiger charge is 2.61. The molecule has 0 aromatic heterocycles. The maximum atomic E-state index is 11.1. The fourth-order valence-corrected chi connectivity index (χ4v) is 4.96. The summed E-state index contributed by atoms with van der Waals surface area (Å²) in [5, 5.41) is 16.2. The summed E-state index contributed by atoms with van der Waals surface area (Å²) < 4.78 is 0. The topological polar surface area (TPSA) is 61.4 Å². The molecule has 3 unspecified atom stereocenters. The lowest BCUT2D eigenvalue weighted by atomic mass is 9.67. The molecule has 1 heterocycles. The first-order valence-corrected chi connectivity index (χ1v) is 7.48. The quantitative estimate of drug-likeness (QED) is 0.723. The van der Waals surface area contributed by atoms with Gasteiger partial charge in [0.05, 0.1) is 12.0 Å². The lowest BCUT2D eigenvalue weighted by Gasteiger charge is -2.52. The van der Waals surface area contributed by atoms with Crippen molar-refractivity contribution in [3.05, 3.63) is 0 Å². The number of rotatable bonds is 4. The maximum absolute atomic E-state index is 11.1. The Kier molecular flexibility index (Phi) is 2.78. The van der Waals surface area contributed by atoms with E-state index in [9.17, 15) is 4.79 Å². The SMILES string of the molecule is CC12CCC(C1)C(C)(C)C2NC1(CC(=O)O)CNC1. The molecule has 3 N–H and O–H groups in total. The maximum Gasteiger partial charge on any atom is 0.305 e. The minimum atomic E-state index is -0.694. The second-order valence-corrected chi connectivity index (χ2v) is 7.95. The summed E-state index contributed by atoms with van der Waals surface area (Å²) in [4.78, 5) is 11.1. The summed E-state index contributed by atoms with van der Waals surface area (Å²) >= 11 is 0. The third kappa shape index (κ3) is 1.91. The van der Waals surface area contributed by atoms with E-state index in [4.69, 9.17) is 5.11 Å². The van der Waals surface area contributed by atoms with Gasteiger partial charge in [-0.15, -0.1) is 0 Å². The van der Waals surface area contributed by atoms with Crippen LogP contribution >= 0.6 is 0 Å². The predicted octanol–water partition coefficient (Wildman–Crippen LogP) is 1.61. The van der Waals surface area contributed by atoms with Crippen molar-refractivity contribution < 1.29 is 9.90 Å². The van der Waals surface area contributed by atoms with Gasteiger partial charge in [-0.1, -0.05) is 20.8 Å². The Balaban J connectivity index is 1.80. The van der Waals surface area contributed by atoms with Gasteiger partial charge in [-0.2, -0.15) is 0 Å². The second kappa shape index (κ2) is 3.95. The zero-order valence-electron chi connectivity index (χ0n) is 12.3. The van der Waals surface area contributed by atoms with Gasteiger partial charge >= 0.3 is 5.97 Å². The van der Waals surface area contributed by atoms with E-state index >= 15 is 0 Å². The van der Waals surface area contributed by atoms with Crippen molar-refractivity contribution in [2.24, 2.45) is 16.7 Å². The van der Waals surface area contributed by atoms with Crippen molar-refractivity contribution in [1.29, 1.82) is 0 Å². The lowest BCUT2D eigenvalue weighted by molar-refractivity contribution is -0.139. The molecule has 0 amide bonds. The van der Waals surface area contributed by atoms with Gasteiger partial charge in [0.2, 0.25) is 0 Å². The van der Waals surface area contributed by atoms with Crippen LogP contribution in [-0.4, -0.2) is 35.7 Å². The molecule has 108 valence electrons. The van der Waals surface area contributed by atoms with E-state index in [0.29, 0.717) is 11.5 Å². The summed E-state index contributed by atoms with van der Waals surface area (Å²) in [6.45, 7) is 8.68. The van der Waals surface area contributed by atoms with E-state index in [0.717, 1.165) is 19.0 Å². The Morgan fingerprint density at radius 3 is 2.47 bits per heavy atom. The minimum absolute atomic E-state index is 0.221. The van der Waals surface area contributed by atoms with Crippen LogP contribution in [0.2, 0.25) is 0 Å². The molecule has 2 aliphatic carbocycles. The van der Waals surface area contributed by atoms with Crippen LogP contribution in [0.25, 0.3) is 0 Å². The Labute approximate surface area is 115 Å². The molecule has 2 bridgehead atoms. The Bertz CT molecular complexity index is 398. The van der Waals surface area contributed by atoms with Crippen LogP contribution in [0.4, 0.5) is 0 Å². The van der Waals surface area contributed by atoms with E-state index in [1.54, 1.807) is 0 Å². The lowest BCUT2D eigenvalue weighted by Crippen LogP contribution is -2.73. The molecule has 3 atom stereocenters. The van der Waals surface area contributed by atoms with Crippen LogP contribution in [0, 0.1) is 16.7 Å². The van der Waals surface area contributed by atoms with Crippen molar-refractivity contribution in [1.82, 2.24) is 10.6 Å².